The fraction of sp³-hybridized carbons (Fsp3) is 0.397. The molecule has 408 valence electrons. The zero-order valence-electron chi connectivity index (χ0n) is 49.3. The first-order valence-corrected chi connectivity index (χ1v) is 26.8. The van der Waals surface area contributed by atoms with E-state index in [-0.39, 0.29) is 72.2 Å². The Morgan fingerprint density at radius 3 is 0.608 bits per heavy atom. The Labute approximate surface area is 497 Å². The number of hydrogen-bond donors (Lipinski definition) is 0. The molecule has 0 aromatic heterocycles. The molecule has 6 heterocycles. The van der Waals surface area contributed by atoms with Crippen molar-refractivity contribution in [2.24, 2.45) is 30.0 Å². The van der Waals surface area contributed by atoms with Crippen LogP contribution in [0.1, 0.15) is 99.8 Å². The maximum absolute atomic E-state index is 6.21. The van der Waals surface area contributed by atoms with E-state index in [1.54, 1.807) is 0 Å². The maximum atomic E-state index is 6.21. The van der Waals surface area contributed by atoms with E-state index in [9.17, 15) is 0 Å². The van der Waals surface area contributed by atoms with Gasteiger partial charge >= 0.3 is 39.0 Å². The Kier molecular flexibility index (Phi) is 21.1. The fourth-order valence-corrected chi connectivity index (χ4v) is 9.47. The minimum absolute atomic E-state index is 0. The van der Waals surface area contributed by atoms with Crippen molar-refractivity contribution in [2.75, 3.05) is 39.6 Å². The van der Waals surface area contributed by atoms with Crippen LogP contribution < -0.4 is 10.9 Å². The minimum atomic E-state index is -1.93. The minimum Gasteiger partial charge on any atom is -0.517 e. The van der Waals surface area contributed by atoms with Gasteiger partial charge < -0.3 is 28.4 Å². The topological polar surface area (TPSA) is 130 Å². The van der Waals surface area contributed by atoms with Crippen LogP contribution in [0.15, 0.2) is 182 Å². The Morgan fingerprint density at radius 2 is 0.481 bits per heavy atom. The van der Waals surface area contributed by atoms with Gasteiger partial charge in [-0.1, -0.05) is 109 Å². The van der Waals surface area contributed by atoms with Crippen LogP contribution in [0.2, 0.25) is 0 Å². The molecular weight excluding hydrogens is 1090 g/mol. The van der Waals surface area contributed by atoms with E-state index in [2.05, 4.69) is 140 Å². The van der Waals surface area contributed by atoms with E-state index in [1.807, 2.05) is 115 Å². The molecule has 0 unspecified atom stereocenters. The quantitative estimate of drug-likeness (QED) is 0.112. The van der Waals surface area contributed by atoms with Gasteiger partial charge in [0.1, 0.15) is 39.6 Å². The zero-order chi connectivity index (χ0) is 55.8. The molecule has 0 amide bonds. The second kappa shape index (κ2) is 26.1. The van der Waals surface area contributed by atoms with Crippen LogP contribution in [0.25, 0.3) is 0 Å². The van der Waals surface area contributed by atoms with Gasteiger partial charge in [0, 0.05) is 34.8 Å². The van der Waals surface area contributed by atoms with Crippen LogP contribution in [-0.4, -0.2) is 120 Å². The van der Waals surface area contributed by atoms with E-state index in [1.165, 1.54) is 5.56 Å². The van der Waals surface area contributed by atoms with Gasteiger partial charge in [-0.15, -0.1) is 24.3 Å². The molecule has 79 heavy (non-hydrogen) atoms. The SMILES string of the molecule is CC1(C)COC([B-](C2=NC(C)(C)CO2)(C2=NC(C)(C)CO2)c2ccccc2)=N1.CC1(C)COC([B-](C2=NC(C)(C)CO2)(C2=NC(C)(C)CO2)c2ccccc2)=N1.Cc1ccccc1.[CH2-]c1ccccc1.[CH2-]c1ccccc1.[Zn+2].[Zn+2]. The van der Waals surface area contributed by atoms with Gasteiger partial charge in [-0.3, -0.25) is 30.0 Å². The smallest absolute Gasteiger partial charge is 0.517 e. The number of hydrogen-bond acceptors (Lipinski definition) is 12. The van der Waals surface area contributed by atoms with Crippen molar-refractivity contribution in [3.63, 3.8) is 0 Å². The summed E-state index contributed by atoms with van der Waals surface area (Å²) in [4.78, 5) is 29.7. The van der Waals surface area contributed by atoms with Crippen molar-refractivity contribution in [1.82, 2.24) is 0 Å². The average Bonchev–Trinajstić information content (AvgIpc) is 4.43. The van der Waals surface area contributed by atoms with E-state index < -0.39 is 12.3 Å². The average molecular weight is 1170 g/mol. The van der Waals surface area contributed by atoms with Crippen molar-refractivity contribution in [2.45, 2.75) is 123 Å². The molecule has 12 nitrogen and oxygen atoms in total. The molecule has 0 N–H and O–H groups in total. The van der Waals surface area contributed by atoms with Crippen LogP contribution >= 0.6 is 0 Å². The molecule has 0 atom stereocenters. The standard InChI is InChI=1S/2C21H29BN3O3.C7H8.2C7H7.2Zn/c2*1-19(2)12-26-16(23-19)22(15-10-8-7-9-11-15,17-24-20(3,4)13-27-17)18-25-21(5,6)14-28-18;3*1-7-5-3-2-4-6-7;;/h2*7-11H,12-14H2,1-6H3;2-6H,1H3;2*2-6H,1H2;;/q2*-1;;2*-1;2*+2. The predicted molar refractivity (Wildman–Crippen MR) is 321 cm³/mol. The summed E-state index contributed by atoms with van der Waals surface area (Å²) in [6.07, 6.45) is -3.87. The first kappa shape index (κ1) is 63.9. The Balaban J connectivity index is 0.000000209. The molecule has 6 aliphatic rings. The van der Waals surface area contributed by atoms with Gasteiger partial charge in [-0.05, 0) is 90.0 Å². The van der Waals surface area contributed by atoms with E-state index in [0.29, 0.717) is 74.4 Å². The molecule has 11 rings (SSSR count). The van der Waals surface area contributed by atoms with Crippen molar-refractivity contribution >= 4 is 58.0 Å². The van der Waals surface area contributed by atoms with Gasteiger partial charge in [0.05, 0.1) is 33.2 Å². The van der Waals surface area contributed by atoms with Crippen molar-refractivity contribution in [3.8, 4) is 0 Å². The summed E-state index contributed by atoms with van der Waals surface area (Å²) < 4.78 is 37.2. The molecule has 0 aliphatic carbocycles. The Bertz CT molecular complexity index is 2570. The molecule has 0 saturated heterocycles. The molecule has 5 aromatic carbocycles. The second-order valence-electron chi connectivity index (χ2n) is 24.5. The molecular formula is C63H80B2N6O6Zn2. The van der Waals surface area contributed by atoms with Gasteiger partial charge in [-0.25, -0.2) is 0 Å². The van der Waals surface area contributed by atoms with Crippen LogP contribution in [0.3, 0.4) is 0 Å². The number of benzene rings is 5. The molecule has 16 heteroatoms. The molecule has 0 fully saturated rings. The van der Waals surface area contributed by atoms with Crippen molar-refractivity contribution in [1.29, 1.82) is 0 Å². The first-order valence-electron chi connectivity index (χ1n) is 26.8. The normalized spacial score (nSPS) is 19.7. The van der Waals surface area contributed by atoms with Crippen LogP contribution in [0, 0.1) is 20.8 Å². The molecule has 0 saturated carbocycles. The number of nitrogens with zero attached hydrogens (tertiary/aromatic N) is 6. The fourth-order valence-electron chi connectivity index (χ4n) is 9.47. The van der Waals surface area contributed by atoms with Crippen LogP contribution in [0.5, 0.6) is 0 Å². The summed E-state index contributed by atoms with van der Waals surface area (Å²) in [5, 5.41) is 0. The summed E-state index contributed by atoms with van der Waals surface area (Å²) in [6, 6.07) is 50.3. The Hall–Kier alpha value is -5.96. The number of ether oxygens (including phenoxy) is 6. The van der Waals surface area contributed by atoms with Gasteiger partial charge in [0.15, 0.2) is 0 Å². The van der Waals surface area contributed by atoms with Gasteiger partial charge in [0.25, 0.3) is 12.3 Å². The number of rotatable bonds is 8. The zero-order valence-corrected chi connectivity index (χ0v) is 55.2. The van der Waals surface area contributed by atoms with E-state index in [0.717, 1.165) is 22.1 Å². The third-order valence-corrected chi connectivity index (χ3v) is 13.4. The van der Waals surface area contributed by atoms with Crippen molar-refractivity contribution in [3.05, 3.63) is 182 Å². The van der Waals surface area contributed by atoms with Gasteiger partial charge in [-0.2, -0.15) is 60.2 Å². The summed E-state index contributed by atoms with van der Waals surface area (Å²) in [5.41, 5.74) is 3.54. The van der Waals surface area contributed by atoms with Crippen LogP contribution in [0.4, 0.5) is 0 Å². The summed E-state index contributed by atoms with van der Waals surface area (Å²) in [6.45, 7) is 37.3. The summed E-state index contributed by atoms with van der Waals surface area (Å²) in [5.74, 6) is 3.61. The van der Waals surface area contributed by atoms with Crippen molar-refractivity contribution < 1.29 is 67.4 Å². The molecule has 0 spiro atoms. The van der Waals surface area contributed by atoms with E-state index >= 15 is 0 Å². The maximum Gasteiger partial charge on any atom is 2.00 e. The molecule has 0 bridgehead atoms. The number of aryl methyl sites for hydroxylation is 1. The third-order valence-electron chi connectivity index (χ3n) is 13.4. The predicted octanol–water partition coefficient (Wildman–Crippen LogP) is 10.9. The third kappa shape index (κ3) is 16.1. The molecule has 0 radical (unpaired) electrons. The molecule has 6 aliphatic heterocycles. The summed E-state index contributed by atoms with van der Waals surface area (Å²) in [7, 11) is 0. The van der Waals surface area contributed by atoms with Gasteiger partial charge in [0.2, 0.25) is 0 Å². The Morgan fingerprint density at radius 1 is 0.304 bits per heavy atom. The second-order valence-corrected chi connectivity index (χ2v) is 24.5. The first-order chi connectivity index (χ1) is 36.3. The number of aliphatic imine (C=N–C) groups is 6. The monoisotopic (exact) mass is 1170 g/mol. The van der Waals surface area contributed by atoms with E-state index in [4.69, 9.17) is 58.4 Å². The van der Waals surface area contributed by atoms with Crippen LogP contribution in [-0.2, 0) is 67.4 Å². The summed E-state index contributed by atoms with van der Waals surface area (Å²) >= 11 is 0. The largest absolute Gasteiger partial charge is 2.00 e. The molecule has 5 aromatic rings.